The van der Waals surface area contributed by atoms with E-state index < -0.39 is 11.7 Å². The van der Waals surface area contributed by atoms with Gasteiger partial charge in [0.25, 0.3) is 5.78 Å². The number of ketones is 1. The number of amides is 1. The fraction of sp³-hybridized carbons (Fsp3) is 0.0667. The molecule has 3 heteroatoms. The number of carbonyl (C=O) groups excluding carboxylic acids is 2. The number of anilines is 2. The lowest BCUT2D eigenvalue weighted by atomic mass is 10.1. The summed E-state index contributed by atoms with van der Waals surface area (Å²) in [5.74, 6) is -0.925. The van der Waals surface area contributed by atoms with Gasteiger partial charge in [-0.05, 0) is 31.2 Å². The van der Waals surface area contributed by atoms with Gasteiger partial charge in [0, 0.05) is 5.69 Å². The van der Waals surface area contributed by atoms with Gasteiger partial charge in [-0.15, -0.1) is 0 Å². The molecule has 0 atom stereocenters. The number of aryl methyl sites for hydroxylation is 1. The van der Waals surface area contributed by atoms with Crippen LogP contribution in [0, 0.1) is 6.92 Å². The lowest BCUT2D eigenvalue weighted by Crippen LogP contribution is -2.24. The van der Waals surface area contributed by atoms with Crippen molar-refractivity contribution in [1.82, 2.24) is 0 Å². The standard InChI is InChI=1S/C15H11NO2/c1-10-6-8-11(9-7-10)16-13-5-3-2-4-12(13)14(17)15(16)18/h2-9H,1H3. The maximum absolute atomic E-state index is 12.0. The molecule has 1 amide bonds. The van der Waals surface area contributed by atoms with Crippen LogP contribution in [0.25, 0.3) is 0 Å². The van der Waals surface area contributed by atoms with Gasteiger partial charge in [0.1, 0.15) is 0 Å². The van der Waals surface area contributed by atoms with Gasteiger partial charge in [0.2, 0.25) is 0 Å². The molecule has 88 valence electrons. The number of benzene rings is 2. The van der Waals surface area contributed by atoms with Crippen molar-refractivity contribution in [3.63, 3.8) is 0 Å². The van der Waals surface area contributed by atoms with E-state index in [0.717, 1.165) is 11.3 Å². The molecular weight excluding hydrogens is 226 g/mol. The number of nitrogens with zero attached hydrogens (tertiary/aromatic N) is 1. The van der Waals surface area contributed by atoms with E-state index in [4.69, 9.17) is 0 Å². The van der Waals surface area contributed by atoms with Crippen LogP contribution in [0.3, 0.4) is 0 Å². The Bertz CT molecular complexity index is 644. The molecule has 0 unspecified atom stereocenters. The van der Waals surface area contributed by atoms with Crippen molar-refractivity contribution < 1.29 is 9.59 Å². The lowest BCUT2D eigenvalue weighted by molar-refractivity contribution is -0.113. The SMILES string of the molecule is Cc1ccc(N2C(=O)C(=O)c3ccccc32)cc1. The highest BCUT2D eigenvalue weighted by Gasteiger charge is 2.36. The summed E-state index contributed by atoms with van der Waals surface area (Å²) in [6, 6.07) is 14.6. The predicted octanol–water partition coefficient (Wildman–Crippen LogP) is 2.86. The van der Waals surface area contributed by atoms with Crippen molar-refractivity contribution in [1.29, 1.82) is 0 Å². The van der Waals surface area contributed by atoms with E-state index >= 15 is 0 Å². The molecule has 3 nitrogen and oxygen atoms in total. The first-order chi connectivity index (χ1) is 8.68. The normalized spacial score (nSPS) is 13.9. The zero-order valence-corrected chi connectivity index (χ0v) is 9.88. The van der Waals surface area contributed by atoms with Crippen LogP contribution in [0.5, 0.6) is 0 Å². The Morgan fingerprint density at radius 2 is 1.56 bits per heavy atom. The van der Waals surface area contributed by atoms with Crippen molar-refractivity contribution >= 4 is 23.1 Å². The van der Waals surface area contributed by atoms with Crippen LogP contribution in [0.2, 0.25) is 0 Å². The summed E-state index contributed by atoms with van der Waals surface area (Å²) in [5, 5.41) is 0. The molecule has 1 aliphatic heterocycles. The smallest absolute Gasteiger partial charge is 0.283 e. The minimum Gasteiger partial charge on any atom is -0.283 e. The molecule has 2 aromatic carbocycles. The number of hydrogen-bond donors (Lipinski definition) is 0. The van der Waals surface area contributed by atoms with Crippen molar-refractivity contribution in [2.24, 2.45) is 0 Å². The van der Waals surface area contributed by atoms with E-state index in [0.29, 0.717) is 11.3 Å². The fourth-order valence-electron chi connectivity index (χ4n) is 2.14. The lowest BCUT2D eigenvalue weighted by Gasteiger charge is -2.16. The van der Waals surface area contributed by atoms with E-state index in [9.17, 15) is 9.59 Å². The summed E-state index contributed by atoms with van der Waals surface area (Å²) in [6.07, 6.45) is 0. The van der Waals surface area contributed by atoms with Crippen LogP contribution in [0.15, 0.2) is 48.5 Å². The van der Waals surface area contributed by atoms with Crippen LogP contribution >= 0.6 is 0 Å². The summed E-state index contributed by atoms with van der Waals surface area (Å²) in [6.45, 7) is 1.98. The van der Waals surface area contributed by atoms with Gasteiger partial charge < -0.3 is 0 Å². The minimum atomic E-state index is -0.486. The molecule has 0 bridgehead atoms. The third-order valence-corrected chi connectivity index (χ3v) is 3.08. The average molecular weight is 237 g/mol. The summed E-state index contributed by atoms with van der Waals surface area (Å²) < 4.78 is 0. The molecule has 0 saturated heterocycles. The molecule has 0 N–H and O–H groups in total. The van der Waals surface area contributed by atoms with Crippen LogP contribution in [0.1, 0.15) is 15.9 Å². The molecule has 3 rings (SSSR count). The molecule has 0 fully saturated rings. The maximum atomic E-state index is 12.0. The molecule has 0 saturated carbocycles. The minimum absolute atomic E-state index is 0.439. The second-order valence-corrected chi connectivity index (χ2v) is 4.32. The number of carbonyl (C=O) groups is 2. The van der Waals surface area contributed by atoms with Crippen LogP contribution in [0.4, 0.5) is 11.4 Å². The van der Waals surface area contributed by atoms with Crippen molar-refractivity contribution in [3.05, 3.63) is 59.7 Å². The number of para-hydroxylation sites is 1. The van der Waals surface area contributed by atoms with Gasteiger partial charge in [0.15, 0.2) is 0 Å². The maximum Gasteiger partial charge on any atom is 0.304 e. The van der Waals surface area contributed by atoms with E-state index in [1.807, 2.05) is 37.3 Å². The Morgan fingerprint density at radius 3 is 2.28 bits per heavy atom. The van der Waals surface area contributed by atoms with Crippen molar-refractivity contribution in [2.45, 2.75) is 6.92 Å². The van der Waals surface area contributed by atoms with Gasteiger partial charge in [-0.2, -0.15) is 0 Å². The highest BCUT2D eigenvalue weighted by atomic mass is 16.2. The van der Waals surface area contributed by atoms with Gasteiger partial charge in [-0.25, -0.2) is 0 Å². The zero-order chi connectivity index (χ0) is 12.7. The Balaban J connectivity index is 2.16. The molecule has 1 aliphatic rings. The Labute approximate surface area is 105 Å². The first-order valence-corrected chi connectivity index (χ1v) is 5.73. The highest BCUT2D eigenvalue weighted by molar-refractivity contribution is 6.53. The second-order valence-electron chi connectivity index (χ2n) is 4.32. The number of fused-ring (bicyclic) bond motifs is 1. The first kappa shape index (κ1) is 10.7. The molecule has 0 radical (unpaired) electrons. The Kier molecular flexibility index (Phi) is 2.27. The van der Waals surface area contributed by atoms with Gasteiger partial charge >= 0.3 is 5.91 Å². The van der Waals surface area contributed by atoms with E-state index in [-0.39, 0.29) is 0 Å². The largest absolute Gasteiger partial charge is 0.304 e. The van der Waals surface area contributed by atoms with Crippen molar-refractivity contribution in [2.75, 3.05) is 4.90 Å². The fourth-order valence-corrected chi connectivity index (χ4v) is 2.14. The molecule has 1 heterocycles. The second kappa shape index (κ2) is 3.81. The third-order valence-electron chi connectivity index (χ3n) is 3.08. The van der Waals surface area contributed by atoms with Gasteiger partial charge in [-0.1, -0.05) is 29.8 Å². The van der Waals surface area contributed by atoms with E-state index in [2.05, 4.69) is 0 Å². The molecule has 0 spiro atoms. The zero-order valence-electron chi connectivity index (χ0n) is 9.88. The summed E-state index contributed by atoms with van der Waals surface area (Å²) >= 11 is 0. The number of hydrogen-bond acceptors (Lipinski definition) is 2. The van der Waals surface area contributed by atoms with Crippen molar-refractivity contribution in [3.8, 4) is 0 Å². The number of rotatable bonds is 1. The Hall–Kier alpha value is -2.42. The molecular formula is C15H11NO2. The summed E-state index contributed by atoms with van der Waals surface area (Å²) in [7, 11) is 0. The molecule has 18 heavy (non-hydrogen) atoms. The molecule has 0 aliphatic carbocycles. The van der Waals surface area contributed by atoms with Crippen LogP contribution < -0.4 is 4.90 Å². The monoisotopic (exact) mass is 237 g/mol. The average Bonchev–Trinajstić information content (AvgIpc) is 2.64. The number of Topliss-reactive ketones (excluding diaryl/α,β-unsaturated/α-hetero) is 1. The summed E-state index contributed by atoms with van der Waals surface area (Å²) in [4.78, 5) is 25.3. The first-order valence-electron chi connectivity index (χ1n) is 5.73. The highest BCUT2D eigenvalue weighted by Crippen LogP contribution is 2.34. The van der Waals surface area contributed by atoms with E-state index in [1.54, 1.807) is 18.2 Å². The molecule has 0 aromatic heterocycles. The quantitative estimate of drug-likeness (QED) is 0.715. The van der Waals surface area contributed by atoms with Crippen LogP contribution in [-0.4, -0.2) is 11.7 Å². The van der Waals surface area contributed by atoms with Crippen LogP contribution in [-0.2, 0) is 4.79 Å². The Morgan fingerprint density at radius 1 is 0.889 bits per heavy atom. The van der Waals surface area contributed by atoms with E-state index in [1.165, 1.54) is 4.90 Å². The molecule has 2 aromatic rings. The van der Waals surface area contributed by atoms with Gasteiger partial charge in [-0.3, -0.25) is 14.5 Å². The summed E-state index contributed by atoms with van der Waals surface area (Å²) in [5.41, 5.74) is 2.98. The topological polar surface area (TPSA) is 37.4 Å². The third kappa shape index (κ3) is 1.44. The predicted molar refractivity (Wildman–Crippen MR) is 69.1 cm³/mol. The van der Waals surface area contributed by atoms with Gasteiger partial charge in [0.05, 0.1) is 11.3 Å².